The maximum Gasteiger partial charge on any atom is 0.319 e. The van der Waals surface area contributed by atoms with E-state index >= 15 is 0 Å². The van der Waals surface area contributed by atoms with Crippen molar-refractivity contribution >= 4 is 34.7 Å². The molecule has 2 N–H and O–H groups in total. The minimum Gasteiger partial charge on any atom is -0.334 e. The molecular weight excluding hydrogens is 402 g/mol. The zero-order chi connectivity index (χ0) is 20.1. The van der Waals surface area contributed by atoms with Gasteiger partial charge in [0.25, 0.3) is 0 Å². The molecule has 1 aromatic heterocycles. The highest BCUT2D eigenvalue weighted by atomic mass is 35.5. The maximum atomic E-state index is 12.0. The van der Waals surface area contributed by atoms with E-state index in [-0.39, 0.29) is 6.03 Å². The van der Waals surface area contributed by atoms with Crippen molar-refractivity contribution in [1.29, 1.82) is 0 Å². The molecule has 0 aliphatic carbocycles. The van der Waals surface area contributed by atoms with Crippen LogP contribution in [0.4, 0.5) is 10.5 Å². The molecule has 0 aliphatic heterocycles. The Balaban J connectivity index is 1.35. The quantitative estimate of drug-likeness (QED) is 0.390. The molecule has 0 spiro atoms. The van der Waals surface area contributed by atoms with Crippen LogP contribution in [0.3, 0.4) is 0 Å². The molecule has 3 aromatic carbocycles. The Morgan fingerprint density at radius 2 is 1.62 bits per heavy atom. The molecule has 4 nitrogen and oxygen atoms in total. The molecule has 0 unspecified atom stereocenters. The van der Waals surface area contributed by atoms with E-state index in [0.717, 1.165) is 27.4 Å². The number of carbonyl (C=O) groups is 1. The molecule has 0 aliphatic rings. The van der Waals surface area contributed by atoms with Crippen molar-refractivity contribution in [1.82, 2.24) is 10.3 Å². The van der Waals surface area contributed by atoms with E-state index in [1.54, 1.807) is 35.6 Å². The fourth-order valence-electron chi connectivity index (χ4n) is 2.80. The molecule has 0 bridgehead atoms. The average molecular weight is 420 g/mol. The maximum absolute atomic E-state index is 12.0. The summed E-state index contributed by atoms with van der Waals surface area (Å²) < 4.78 is 0. The first-order chi connectivity index (χ1) is 14.2. The third-order valence-electron chi connectivity index (χ3n) is 4.33. The van der Waals surface area contributed by atoms with Gasteiger partial charge in [0.1, 0.15) is 5.01 Å². The van der Waals surface area contributed by atoms with E-state index < -0.39 is 0 Å². The van der Waals surface area contributed by atoms with E-state index in [2.05, 4.69) is 28.1 Å². The predicted molar refractivity (Wildman–Crippen MR) is 120 cm³/mol. The Labute approximate surface area is 178 Å². The Hall–Kier alpha value is -3.15. The first-order valence-corrected chi connectivity index (χ1v) is 10.3. The topological polar surface area (TPSA) is 54.0 Å². The minimum atomic E-state index is -0.260. The largest absolute Gasteiger partial charge is 0.334 e. The minimum absolute atomic E-state index is 0.260. The van der Waals surface area contributed by atoms with Gasteiger partial charge in [-0.15, -0.1) is 11.3 Å². The number of anilines is 1. The number of benzene rings is 3. The van der Waals surface area contributed by atoms with Crippen molar-refractivity contribution in [3.8, 4) is 21.8 Å². The smallest absolute Gasteiger partial charge is 0.319 e. The highest BCUT2D eigenvalue weighted by Crippen LogP contribution is 2.28. The second-order valence-corrected chi connectivity index (χ2v) is 7.71. The molecule has 29 heavy (non-hydrogen) atoms. The molecule has 0 atom stereocenters. The summed E-state index contributed by atoms with van der Waals surface area (Å²) in [5.74, 6) is 0. The van der Waals surface area contributed by atoms with Crippen molar-refractivity contribution in [3.63, 3.8) is 0 Å². The highest BCUT2D eigenvalue weighted by Gasteiger charge is 2.07. The Morgan fingerprint density at radius 3 is 2.34 bits per heavy atom. The van der Waals surface area contributed by atoms with Crippen LogP contribution >= 0.6 is 22.9 Å². The summed E-state index contributed by atoms with van der Waals surface area (Å²) >= 11 is 7.47. The fourth-order valence-corrected chi connectivity index (χ4v) is 3.77. The molecule has 1 heterocycles. The predicted octanol–water partition coefficient (Wildman–Crippen LogP) is 6.45. The van der Waals surface area contributed by atoms with Crippen LogP contribution in [0.25, 0.3) is 21.8 Å². The average Bonchev–Trinajstić information content (AvgIpc) is 3.25. The Bertz CT molecular complexity index is 1090. The van der Waals surface area contributed by atoms with Gasteiger partial charge < -0.3 is 10.6 Å². The van der Waals surface area contributed by atoms with E-state index in [1.807, 2.05) is 42.5 Å². The number of aromatic nitrogens is 1. The van der Waals surface area contributed by atoms with Gasteiger partial charge in [-0.25, -0.2) is 9.78 Å². The first-order valence-electron chi connectivity index (χ1n) is 9.08. The second kappa shape index (κ2) is 8.90. The van der Waals surface area contributed by atoms with Crippen molar-refractivity contribution in [3.05, 3.63) is 94.8 Å². The van der Waals surface area contributed by atoms with Crippen LogP contribution in [-0.2, 0) is 6.54 Å². The van der Waals surface area contributed by atoms with Crippen LogP contribution in [0.1, 0.15) is 5.56 Å². The second-order valence-electron chi connectivity index (χ2n) is 6.42. The monoisotopic (exact) mass is 419 g/mol. The van der Waals surface area contributed by atoms with Crippen LogP contribution in [0.15, 0.2) is 84.2 Å². The number of nitrogens with zero attached hydrogens (tertiary/aromatic N) is 1. The zero-order valence-corrected chi connectivity index (χ0v) is 17.0. The summed E-state index contributed by atoms with van der Waals surface area (Å²) in [6.45, 7) is 0.437. The van der Waals surface area contributed by atoms with Gasteiger partial charge in [-0.05, 0) is 29.8 Å². The number of amides is 2. The number of rotatable bonds is 5. The molecule has 0 radical (unpaired) electrons. The number of hydrogen-bond donors (Lipinski definition) is 2. The molecule has 4 rings (SSSR count). The normalized spacial score (nSPS) is 10.5. The summed E-state index contributed by atoms with van der Waals surface area (Å²) in [6.07, 6.45) is 0. The lowest BCUT2D eigenvalue weighted by Gasteiger charge is -2.08. The third kappa shape index (κ3) is 5.02. The SMILES string of the molecule is O=C(NCc1ccc(-c2nc(-c3ccccc3)cs2)cc1)Nc1ccc(Cl)cc1. The fraction of sp³-hybridized carbons (Fsp3) is 0.0435. The Kier molecular flexibility index (Phi) is 5.89. The van der Waals surface area contributed by atoms with Crippen LogP contribution in [-0.4, -0.2) is 11.0 Å². The van der Waals surface area contributed by atoms with Gasteiger partial charge in [0.15, 0.2) is 0 Å². The van der Waals surface area contributed by atoms with Gasteiger partial charge in [0.05, 0.1) is 5.69 Å². The summed E-state index contributed by atoms with van der Waals surface area (Å²) in [5.41, 5.74) is 4.87. The van der Waals surface area contributed by atoms with E-state index in [1.165, 1.54) is 0 Å². The Morgan fingerprint density at radius 1 is 0.897 bits per heavy atom. The number of urea groups is 1. The van der Waals surface area contributed by atoms with Crippen molar-refractivity contribution in [2.45, 2.75) is 6.54 Å². The molecule has 0 saturated heterocycles. The van der Waals surface area contributed by atoms with Gasteiger partial charge in [-0.1, -0.05) is 66.2 Å². The number of thiazole rings is 1. The molecule has 144 valence electrons. The standard InChI is InChI=1S/C23H18ClN3OS/c24-19-10-12-20(13-11-19)26-23(28)25-14-16-6-8-18(9-7-16)22-27-21(15-29-22)17-4-2-1-3-5-17/h1-13,15H,14H2,(H2,25,26,28). The zero-order valence-electron chi connectivity index (χ0n) is 15.4. The molecule has 0 fully saturated rings. The van der Waals surface area contributed by atoms with Crippen molar-refractivity contribution < 1.29 is 4.79 Å². The van der Waals surface area contributed by atoms with Crippen LogP contribution in [0, 0.1) is 0 Å². The molecule has 0 saturated carbocycles. The summed E-state index contributed by atoms with van der Waals surface area (Å²) in [7, 11) is 0. The van der Waals surface area contributed by atoms with E-state index in [0.29, 0.717) is 17.3 Å². The van der Waals surface area contributed by atoms with Gasteiger partial charge >= 0.3 is 6.03 Å². The van der Waals surface area contributed by atoms with Gasteiger partial charge in [0.2, 0.25) is 0 Å². The third-order valence-corrected chi connectivity index (χ3v) is 5.47. The van der Waals surface area contributed by atoms with E-state index in [9.17, 15) is 4.79 Å². The molecule has 2 amide bonds. The van der Waals surface area contributed by atoms with Gasteiger partial charge in [-0.3, -0.25) is 0 Å². The number of halogens is 1. The summed E-state index contributed by atoms with van der Waals surface area (Å²) in [6, 6.07) is 24.9. The van der Waals surface area contributed by atoms with Gasteiger partial charge in [0, 0.05) is 33.8 Å². The summed E-state index contributed by atoms with van der Waals surface area (Å²) in [4.78, 5) is 16.8. The lowest BCUT2D eigenvalue weighted by molar-refractivity contribution is 0.251. The van der Waals surface area contributed by atoms with Gasteiger partial charge in [-0.2, -0.15) is 0 Å². The lowest BCUT2D eigenvalue weighted by atomic mass is 10.1. The first kappa shape index (κ1) is 19.2. The molecular formula is C23H18ClN3OS. The molecule has 4 aromatic rings. The van der Waals surface area contributed by atoms with Crippen LogP contribution < -0.4 is 10.6 Å². The van der Waals surface area contributed by atoms with Crippen LogP contribution in [0.5, 0.6) is 0 Å². The highest BCUT2D eigenvalue weighted by molar-refractivity contribution is 7.13. The number of carbonyl (C=O) groups excluding carboxylic acids is 1. The van der Waals surface area contributed by atoms with Crippen LogP contribution in [0.2, 0.25) is 5.02 Å². The molecule has 6 heteroatoms. The number of nitrogens with one attached hydrogen (secondary N) is 2. The van der Waals surface area contributed by atoms with E-state index in [4.69, 9.17) is 16.6 Å². The van der Waals surface area contributed by atoms with Crippen molar-refractivity contribution in [2.75, 3.05) is 5.32 Å². The lowest BCUT2D eigenvalue weighted by Crippen LogP contribution is -2.28. The summed E-state index contributed by atoms with van der Waals surface area (Å²) in [5, 5.41) is 9.31. The number of hydrogen-bond acceptors (Lipinski definition) is 3. The van der Waals surface area contributed by atoms with Crippen molar-refractivity contribution in [2.24, 2.45) is 0 Å².